The molecule has 278 valence electrons. The topological polar surface area (TPSA) is 159 Å². The number of aromatic nitrogens is 4. The molecule has 2 aliphatic rings. The summed E-state index contributed by atoms with van der Waals surface area (Å²) in [5.41, 5.74) is 6.99. The second-order valence-electron chi connectivity index (χ2n) is 12.7. The zero-order valence-electron chi connectivity index (χ0n) is 29.5. The maximum Gasteiger partial charge on any atom is 2.00 e. The van der Waals surface area contributed by atoms with Crippen molar-refractivity contribution in [1.82, 2.24) is 19.9 Å². The number of benzene rings is 4. The first-order valence-electron chi connectivity index (χ1n) is 17.4. The van der Waals surface area contributed by atoms with Gasteiger partial charge in [0.25, 0.3) is 11.4 Å². The smallest absolute Gasteiger partial charge is 0.654 e. The molecule has 5 heterocycles. The van der Waals surface area contributed by atoms with Gasteiger partial charge in [-0.1, -0.05) is 108 Å². The van der Waals surface area contributed by atoms with Gasteiger partial charge in [0, 0.05) is 12.1 Å². The predicted molar refractivity (Wildman–Crippen MR) is 214 cm³/mol. The van der Waals surface area contributed by atoms with Crippen molar-refractivity contribution >= 4 is 57.7 Å². The molecule has 0 N–H and O–H groups in total. The summed E-state index contributed by atoms with van der Waals surface area (Å²) < 4.78 is 12.9. The standard InChI is InChI=1S/C44H26N6O6.Ni/c51-49(52)29-13-7-15-31(25-29)55-43-37-21-17-33(45-37)41(27-9-3-1-4-10-27)34-18-22-38(46-34)44(56-32-16-8-14-30(26-32)50(53)54)40-24-20-36(48-40)42(28-11-5-2-6-12-28)35-19-23-39(43)47-35;/h1-26H;/q-2;+2. The second kappa shape index (κ2) is 15.2. The number of nitrogens with zero attached hydrogens (tertiary/aromatic N) is 6. The van der Waals surface area contributed by atoms with Crippen molar-refractivity contribution in [2.45, 2.75) is 0 Å². The predicted octanol–water partition coefficient (Wildman–Crippen LogP) is 10.6. The molecule has 7 aromatic rings. The van der Waals surface area contributed by atoms with Crippen LogP contribution in [0.5, 0.6) is 23.0 Å². The van der Waals surface area contributed by atoms with E-state index in [-0.39, 0.29) is 39.4 Å². The van der Waals surface area contributed by atoms with Crippen molar-refractivity contribution in [3.63, 3.8) is 0 Å². The van der Waals surface area contributed by atoms with Crippen molar-refractivity contribution in [2.75, 3.05) is 0 Å². The maximum atomic E-state index is 11.7. The quantitative estimate of drug-likeness (QED) is 0.0823. The molecule has 0 amide bonds. The summed E-state index contributed by atoms with van der Waals surface area (Å²) in [6, 6.07) is 38.7. The molecule has 0 atom stereocenters. The Balaban J connectivity index is 0.00000455. The summed E-state index contributed by atoms with van der Waals surface area (Å²) in [4.78, 5) is 42.7. The van der Waals surface area contributed by atoms with Crippen LogP contribution in [0, 0.1) is 20.2 Å². The van der Waals surface area contributed by atoms with Gasteiger partial charge < -0.3 is 19.4 Å². The number of ether oxygens (including phenoxy) is 2. The Hall–Kier alpha value is -7.63. The van der Waals surface area contributed by atoms with Gasteiger partial charge in [-0.15, -0.1) is 11.0 Å². The molecule has 9 rings (SSSR count). The van der Waals surface area contributed by atoms with E-state index in [1.54, 1.807) is 24.3 Å². The van der Waals surface area contributed by atoms with Crippen LogP contribution >= 0.6 is 0 Å². The fourth-order valence-electron chi connectivity index (χ4n) is 6.60. The van der Waals surface area contributed by atoms with E-state index >= 15 is 0 Å². The van der Waals surface area contributed by atoms with E-state index in [0.29, 0.717) is 67.5 Å². The van der Waals surface area contributed by atoms with Crippen molar-refractivity contribution in [1.29, 1.82) is 0 Å². The molecule has 0 fully saturated rings. The summed E-state index contributed by atoms with van der Waals surface area (Å²) >= 11 is 0. The monoisotopic (exact) mass is 792 g/mol. The third-order valence-corrected chi connectivity index (χ3v) is 9.14. The van der Waals surface area contributed by atoms with E-state index in [2.05, 4.69) is 0 Å². The average Bonchev–Trinajstić information content (AvgIpc) is 4.07. The Morgan fingerprint density at radius 2 is 0.860 bits per heavy atom. The van der Waals surface area contributed by atoms with Crippen molar-refractivity contribution in [3.05, 3.63) is 176 Å². The van der Waals surface area contributed by atoms with Crippen LogP contribution in [-0.2, 0) is 16.5 Å². The maximum absolute atomic E-state index is 11.7. The van der Waals surface area contributed by atoms with E-state index in [0.717, 1.165) is 11.1 Å². The van der Waals surface area contributed by atoms with Crippen LogP contribution in [0.25, 0.3) is 68.6 Å². The van der Waals surface area contributed by atoms with Crippen LogP contribution < -0.4 is 19.4 Å². The van der Waals surface area contributed by atoms with Gasteiger partial charge in [0.1, 0.15) is 22.9 Å². The number of fused-ring (bicyclic) bond motifs is 8. The number of hydrogen-bond donors (Lipinski definition) is 0. The summed E-state index contributed by atoms with van der Waals surface area (Å²) in [7, 11) is 0. The summed E-state index contributed by atoms with van der Waals surface area (Å²) in [6.07, 6.45) is 7.36. The zero-order valence-corrected chi connectivity index (χ0v) is 30.4. The van der Waals surface area contributed by atoms with Gasteiger partial charge in [0.05, 0.1) is 39.1 Å². The van der Waals surface area contributed by atoms with Crippen LogP contribution in [0.1, 0.15) is 22.8 Å². The summed E-state index contributed by atoms with van der Waals surface area (Å²) in [6.45, 7) is 0. The first kappa shape index (κ1) is 36.4. The molecule has 57 heavy (non-hydrogen) atoms. The molecule has 0 spiro atoms. The number of hydrogen-bond acceptors (Lipinski definition) is 8. The van der Waals surface area contributed by atoms with E-state index in [1.165, 1.54) is 24.3 Å². The van der Waals surface area contributed by atoms with Crippen LogP contribution in [0.4, 0.5) is 11.4 Å². The molecule has 3 aromatic heterocycles. The van der Waals surface area contributed by atoms with Crippen LogP contribution in [0.2, 0.25) is 0 Å². The number of nitro benzene ring substituents is 2. The number of rotatable bonds is 8. The van der Waals surface area contributed by atoms with Crippen LogP contribution in [0.15, 0.2) is 133 Å². The average molecular weight is 793 g/mol. The van der Waals surface area contributed by atoms with Gasteiger partial charge in [-0.3, -0.25) is 20.2 Å². The van der Waals surface area contributed by atoms with Gasteiger partial charge in [-0.05, 0) is 58.7 Å². The Morgan fingerprint density at radius 1 is 0.456 bits per heavy atom. The molecule has 0 saturated heterocycles. The molecule has 12 nitrogen and oxygen atoms in total. The minimum absolute atomic E-state index is 0. The molecular formula is C44H26N6NiO6. The Labute approximate surface area is 334 Å². The molecule has 0 radical (unpaired) electrons. The van der Waals surface area contributed by atoms with Gasteiger partial charge >= 0.3 is 16.5 Å². The van der Waals surface area contributed by atoms with Crippen LogP contribution in [-0.4, -0.2) is 19.8 Å². The molecule has 8 bridgehead atoms. The van der Waals surface area contributed by atoms with E-state index in [4.69, 9.17) is 29.4 Å². The fourth-order valence-corrected chi connectivity index (χ4v) is 6.60. The van der Waals surface area contributed by atoms with Crippen molar-refractivity contribution in [3.8, 4) is 45.3 Å². The first-order chi connectivity index (χ1) is 27.4. The second-order valence-corrected chi connectivity index (χ2v) is 12.7. The van der Waals surface area contributed by atoms with Gasteiger partial charge in [0.2, 0.25) is 0 Å². The van der Waals surface area contributed by atoms with E-state index < -0.39 is 9.85 Å². The minimum atomic E-state index is -0.476. The van der Waals surface area contributed by atoms with E-state index in [9.17, 15) is 20.2 Å². The molecule has 13 heteroatoms. The third kappa shape index (κ3) is 7.18. The molecule has 4 aromatic carbocycles. The molecule has 0 saturated carbocycles. The van der Waals surface area contributed by atoms with Crippen molar-refractivity contribution < 1.29 is 35.8 Å². The molecule has 0 aliphatic carbocycles. The first-order valence-corrected chi connectivity index (χ1v) is 17.4. The van der Waals surface area contributed by atoms with Crippen molar-refractivity contribution in [2.24, 2.45) is 0 Å². The Bertz CT molecular complexity index is 2800. The van der Waals surface area contributed by atoms with Gasteiger partial charge in [-0.2, -0.15) is 0 Å². The number of nitro groups is 2. The summed E-state index contributed by atoms with van der Waals surface area (Å²) in [5, 5.41) is 23.3. The normalized spacial score (nSPS) is 11.5. The molecular weight excluding hydrogens is 767 g/mol. The molecule has 0 unspecified atom stereocenters. The van der Waals surface area contributed by atoms with E-state index in [1.807, 2.05) is 109 Å². The van der Waals surface area contributed by atoms with Crippen LogP contribution in [0.3, 0.4) is 0 Å². The summed E-state index contributed by atoms with van der Waals surface area (Å²) in [5.74, 6) is 1.08. The number of non-ortho nitro benzene ring substituents is 2. The zero-order chi connectivity index (χ0) is 38.2. The SMILES string of the molecule is O=[N+]([O-])c1cccc(Oc2c3nc(c(-c4ccccc4)c4ccc([n-]4)c(Oc4cccc([N+](=O)[O-])c4)c4ccc([n-]4)c(-c4ccccc4)c4nc2C=C4)C=C3)c1.[Ni+2]. The van der Waals surface area contributed by atoms with Gasteiger partial charge in [0.15, 0.2) is 5.75 Å². The van der Waals surface area contributed by atoms with Gasteiger partial charge in [-0.25, -0.2) is 9.97 Å². The minimum Gasteiger partial charge on any atom is -0.654 e. The third-order valence-electron chi connectivity index (χ3n) is 9.14. The largest absolute Gasteiger partial charge is 2.00 e. The Morgan fingerprint density at radius 3 is 1.30 bits per heavy atom. The Kier molecular flexibility index (Phi) is 9.73. The molecule has 2 aliphatic heterocycles. The fraction of sp³-hybridized carbons (Fsp3) is 0.